The van der Waals surface area contributed by atoms with Crippen molar-refractivity contribution in [2.45, 2.75) is 33.2 Å². The molecule has 1 aromatic rings. The van der Waals surface area contributed by atoms with Gasteiger partial charge in [-0.25, -0.2) is 4.79 Å². The highest BCUT2D eigenvalue weighted by Gasteiger charge is 2.12. The third kappa shape index (κ3) is 4.12. The number of halogens is 1. The molecule has 17 heavy (non-hydrogen) atoms. The zero-order chi connectivity index (χ0) is 13.6. The van der Waals surface area contributed by atoms with E-state index < -0.39 is 0 Å². The third-order valence-corrected chi connectivity index (χ3v) is 3.21. The quantitative estimate of drug-likeness (QED) is 0.868. The molecule has 0 amide bonds. The second-order valence-corrected chi connectivity index (χ2v) is 4.59. The number of H-pyrrole nitrogens is 1. The maximum atomic E-state index is 11.7. The van der Waals surface area contributed by atoms with Crippen molar-refractivity contribution in [1.82, 2.24) is 14.9 Å². The van der Waals surface area contributed by atoms with Crippen LogP contribution in [0.25, 0.3) is 0 Å². The van der Waals surface area contributed by atoms with Gasteiger partial charge in [-0.1, -0.05) is 6.92 Å². The first-order valence-electron chi connectivity index (χ1n) is 5.50. The summed E-state index contributed by atoms with van der Waals surface area (Å²) in [7, 11) is 3.75. The van der Waals surface area contributed by atoms with Gasteiger partial charge in [-0.15, -0.1) is 0 Å². The lowest BCUT2D eigenvalue weighted by atomic mass is 10.2. The minimum atomic E-state index is -0.343. The maximum Gasteiger partial charge on any atom is 0.328 e. The highest BCUT2D eigenvalue weighted by Crippen LogP contribution is 2.08. The molecule has 2 N–H and O–H groups in total. The van der Waals surface area contributed by atoms with E-state index in [9.17, 15) is 9.59 Å². The molecule has 0 aliphatic carbocycles. The molecular formula is C11H20BrN3O2. The van der Waals surface area contributed by atoms with Crippen molar-refractivity contribution in [1.29, 1.82) is 0 Å². The Hall–Kier alpha value is -0.880. The number of rotatable bonds is 2. The lowest BCUT2D eigenvalue weighted by molar-refractivity contribution is 0.486. The number of hydrogen-bond donors (Lipinski definition) is 2. The highest BCUT2D eigenvalue weighted by atomic mass is 79.9. The molecule has 0 saturated heterocycles. The van der Waals surface area contributed by atoms with Crippen molar-refractivity contribution in [3.8, 4) is 0 Å². The Labute approximate surface area is 109 Å². The van der Waals surface area contributed by atoms with Gasteiger partial charge in [0.05, 0.1) is 0 Å². The first-order chi connectivity index (χ1) is 7.90. The minimum absolute atomic E-state index is 0.0804. The monoisotopic (exact) mass is 305 g/mol. The van der Waals surface area contributed by atoms with Gasteiger partial charge in [0.2, 0.25) is 0 Å². The van der Waals surface area contributed by atoms with E-state index >= 15 is 0 Å². The van der Waals surface area contributed by atoms with Gasteiger partial charge < -0.3 is 10.3 Å². The molecule has 6 heteroatoms. The predicted octanol–water partition coefficient (Wildman–Crippen LogP) is 1.41. The number of aromatic amines is 1. The Morgan fingerprint density at radius 2 is 1.88 bits per heavy atom. The Bertz CT molecular complexity index is 465. The molecule has 5 nitrogen and oxygen atoms in total. The van der Waals surface area contributed by atoms with Crippen molar-refractivity contribution >= 4 is 15.9 Å². The summed E-state index contributed by atoms with van der Waals surface area (Å²) in [6, 6.07) is -0.0804. The molecule has 98 valence electrons. The van der Waals surface area contributed by atoms with E-state index in [1.54, 1.807) is 6.92 Å². The van der Waals surface area contributed by atoms with Gasteiger partial charge in [-0.2, -0.15) is 0 Å². The normalized spacial score (nSPS) is 11.6. The molecule has 0 aliphatic heterocycles. The Morgan fingerprint density at radius 3 is 2.29 bits per heavy atom. The van der Waals surface area contributed by atoms with Crippen LogP contribution in [0.5, 0.6) is 0 Å². The third-order valence-electron chi connectivity index (χ3n) is 2.28. The molecular weight excluding hydrogens is 286 g/mol. The fraction of sp³-hybridized carbons (Fsp3) is 0.636. The average molecular weight is 306 g/mol. The molecule has 0 bridgehead atoms. The smallest absolute Gasteiger partial charge is 0.323 e. The van der Waals surface area contributed by atoms with Crippen LogP contribution in [0.1, 0.15) is 32.0 Å². The molecule has 0 radical (unpaired) electrons. The van der Waals surface area contributed by atoms with Gasteiger partial charge >= 0.3 is 5.69 Å². The number of aryl methyl sites for hydroxylation is 1. The van der Waals surface area contributed by atoms with Gasteiger partial charge in [0.25, 0.3) is 5.56 Å². The van der Waals surface area contributed by atoms with Gasteiger partial charge in [-0.3, -0.25) is 9.36 Å². The molecule has 0 fully saturated rings. The van der Waals surface area contributed by atoms with Crippen LogP contribution in [0.2, 0.25) is 0 Å². The maximum absolute atomic E-state index is 11.7. The average Bonchev–Trinajstić information content (AvgIpc) is 2.27. The molecule has 0 saturated carbocycles. The summed E-state index contributed by atoms with van der Waals surface area (Å²) in [5, 5.41) is 2.75. The summed E-state index contributed by atoms with van der Waals surface area (Å²) in [5.41, 5.74) is -0.0368. The van der Waals surface area contributed by atoms with Crippen molar-refractivity contribution in [2.75, 3.05) is 14.1 Å². The molecule has 0 aromatic carbocycles. The Morgan fingerprint density at radius 1 is 1.41 bits per heavy atom. The summed E-state index contributed by atoms with van der Waals surface area (Å²) < 4.78 is 1.66. The molecule has 1 heterocycles. The van der Waals surface area contributed by atoms with Crippen LogP contribution in [0.15, 0.2) is 14.1 Å². The van der Waals surface area contributed by atoms with Crippen LogP contribution < -0.4 is 16.6 Å². The van der Waals surface area contributed by atoms with Crippen molar-refractivity contribution < 1.29 is 0 Å². The topological polar surface area (TPSA) is 66.9 Å². The molecule has 1 atom stereocenters. The van der Waals surface area contributed by atoms with Crippen molar-refractivity contribution in [3.05, 3.63) is 31.0 Å². The number of nitrogens with one attached hydrogen (secondary N) is 2. The van der Waals surface area contributed by atoms with E-state index in [0.717, 1.165) is 6.42 Å². The molecule has 1 rings (SSSR count). The summed E-state index contributed by atoms with van der Waals surface area (Å²) in [6.45, 7) is 5.47. The first kappa shape index (κ1) is 16.1. The molecule has 0 aliphatic rings. The van der Waals surface area contributed by atoms with Crippen LogP contribution in [-0.4, -0.2) is 23.6 Å². The fourth-order valence-corrected chi connectivity index (χ4v) is 1.51. The van der Waals surface area contributed by atoms with E-state index in [4.69, 9.17) is 0 Å². The number of hydrogen-bond acceptors (Lipinski definition) is 3. The van der Waals surface area contributed by atoms with E-state index in [1.165, 1.54) is 4.57 Å². The van der Waals surface area contributed by atoms with Crippen LogP contribution in [0.4, 0.5) is 0 Å². The lowest BCUT2D eigenvalue weighted by Crippen LogP contribution is -2.38. The van der Waals surface area contributed by atoms with Crippen molar-refractivity contribution in [3.63, 3.8) is 0 Å². The number of aromatic nitrogens is 2. The molecule has 1 unspecified atom stereocenters. The van der Waals surface area contributed by atoms with E-state index in [1.807, 2.05) is 27.9 Å². The van der Waals surface area contributed by atoms with Crippen LogP contribution >= 0.6 is 15.9 Å². The van der Waals surface area contributed by atoms with Gasteiger partial charge in [0.15, 0.2) is 0 Å². The minimum Gasteiger partial charge on any atom is -0.323 e. The lowest BCUT2D eigenvalue weighted by Gasteiger charge is -2.12. The first-order valence-corrected chi connectivity index (χ1v) is 6.29. The Kier molecular flexibility index (Phi) is 7.06. The predicted molar refractivity (Wildman–Crippen MR) is 73.7 cm³/mol. The summed E-state index contributed by atoms with van der Waals surface area (Å²) >= 11 is 3.16. The summed E-state index contributed by atoms with van der Waals surface area (Å²) in [6.07, 6.45) is 0.748. The van der Waals surface area contributed by atoms with Crippen molar-refractivity contribution in [2.24, 2.45) is 0 Å². The second-order valence-electron chi connectivity index (χ2n) is 3.80. The molecule has 1 aromatic heterocycles. The van der Waals surface area contributed by atoms with E-state index in [0.29, 0.717) is 10.2 Å². The van der Waals surface area contributed by atoms with Crippen LogP contribution in [0, 0.1) is 6.92 Å². The van der Waals surface area contributed by atoms with Gasteiger partial charge in [0, 0.05) is 11.7 Å². The SMILES string of the molecule is CCC(C)n1c(=O)[nH]c(C)c(Br)c1=O.CNC. The van der Waals surface area contributed by atoms with Gasteiger partial charge in [0.1, 0.15) is 4.47 Å². The highest BCUT2D eigenvalue weighted by molar-refractivity contribution is 9.10. The zero-order valence-corrected chi connectivity index (χ0v) is 12.5. The second kappa shape index (κ2) is 7.45. The summed E-state index contributed by atoms with van der Waals surface area (Å²) in [5.74, 6) is 0. The van der Waals surface area contributed by atoms with E-state index in [-0.39, 0.29) is 17.3 Å². The van der Waals surface area contributed by atoms with E-state index in [2.05, 4.69) is 26.2 Å². The standard InChI is InChI=1S/C9H13BrN2O2.C2H7N/c1-4-5(2)12-8(13)7(10)6(3)11-9(12)14;1-3-2/h5H,4H2,1-3H3,(H,11,14);3H,1-2H3. The fourth-order valence-electron chi connectivity index (χ4n) is 1.22. The molecule has 0 spiro atoms. The number of nitrogens with zero attached hydrogens (tertiary/aromatic N) is 1. The van der Waals surface area contributed by atoms with Gasteiger partial charge in [-0.05, 0) is 50.3 Å². The zero-order valence-electron chi connectivity index (χ0n) is 10.9. The Balaban J connectivity index is 0.000000770. The van der Waals surface area contributed by atoms with Crippen LogP contribution in [-0.2, 0) is 0 Å². The van der Waals surface area contributed by atoms with Crippen LogP contribution in [0.3, 0.4) is 0 Å². The largest absolute Gasteiger partial charge is 0.328 e. The summed E-state index contributed by atoms with van der Waals surface area (Å²) in [4.78, 5) is 25.8.